The molecule has 0 spiro atoms. The van der Waals surface area contributed by atoms with Crippen molar-refractivity contribution in [1.82, 2.24) is 9.55 Å². The summed E-state index contributed by atoms with van der Waals surface area (Å²) in [6, 6.07) is 22.4. The highest BCUT2D eigenvalue weighted by Gasteiger charge is 2.12. The van der Waals surface area contributed by atoms with E-state index in [-0.39, 0.29) is 5.82 Å². The quantitative estimate of drug-likeness (QED) is 0.495. The highest BCUT2D eigenvalue weighted by molar-refractivity contribution is 5.80. The minimum Gasteiger partial charge on any atom is -0.492 e. The highest BCUT2D eigenvalue weighted by Crippen LogP contribution is 2.25. The Morgan fingerprint density at radius 1 is 0.923 bits per heavy atom. The summed E-state index contributed by atoms with van der Waals surface area (Å²) in [7, 11) is 0. The van der Waals surface area contributed by atoms with Gasteiger partial charge in [-0.2, -0.15) is 0 Å². The van der Waals surface area contributed by atoms with E-state index in [1.165, 1.54) is 17.7 Å². The van der Waals surface area contributed by atoms with Gasteiger partial charge in [0.2, 0.25) is 0 Å². The average Bonchev–Trinajstić information content (AvgIpc) is 3.03. The van der Waals surface area contributed by atoms with Crippen molar-refractivity contribution in [2.75, 3.05) is 6.61 Å². The van der Waals surface area contributed by atoms with Gasteiger partial charge >= 0.3 is 0 Å². The third-order valence-corrected chi connectivity index (χ3v) is 4.36. The molecular weight excluding hydrogens is 327 g/mol. The van der Waals surface area contributed by atoms with Gasteiger partial charge in [-0.25, -0.2) is 9.37 Å². The Labute approximate surface area is 151 Å². The van der Waals surface area contributed by atoms with E-state index in [1.54, 1.807) is 12.1 Å². The summed E-state index contributed by atoms with van der Waals surface area (Å²) in [6.07, 6.45) is 0. The van der Waals surface area contributed by atoms with Crippen LogP contribution in [0.1, 0.15) is 5.56 Å². The molecule has 0 atom stereocenters. The van der Waals surface area contributed by atoms with Crippen LogP contribution in [-0.4, -0.2) is 16.2 Å². The first kappa shape index (κ1) is 16.3. The van der Waals surface area contributed by atoms with Crippen LogP contribution in [0.5, 0.6) is 5.75 Å². The molecule has 4 heteroatoms. The molecule has 0 radical (unpaired) electrons. The summed E-state index contributed by atoms with van der Waals surface area (Å²) in [4.78, 5) is 4.73. The summed E-state index contributed by atoms with van der Waals surface area (Å²) in [6.45, 7) is 3.23. The smallest absolute Gasteiger partial charge is 0.141 e. The maximum atomic E-state index is 13.3. The molecule has 0 bridgehead atoms. The van der Waals surface area contributed by atoms with Crippen molar-refractivity contribution in [3.8, 4) is 17.1 Å². The van der Waals surface area contributed by atoms with Crippen LogP contribution in [0, 0.1) is 12.7 Å². The summed E-state index contributed by atoms with van der Waals surface area (Å²) in [5.41, 5.74) is 4.05. The zero-order valence-electron chi connectivity index (χ0n) is 14.5. The van der Waals surface area contributed by atoms with Crippen molar-refractivity contribution >= 4 is 11.0 Å². The number of para-hydroxylation sites is 2. The molecule has 3 nitrogen and oxygen atoms in total. The molecule has 0 aliphatic heterocycles. The Balaban J connectivity index is 1.63. The predicted molar refractivity (Wildman–Crippen MR) is 102 cm³/mol. The lowest BCUT2D eigenvalue weighted by Crippen LogP contribution is -2.09. The molecule has 0 fully saturated rings. The van der Waals surface area contributed by atoms with Gasteiger partial charge in [-0.15, -0.1) is 0 Å². The van der Waals surface area contributed by atoms with Gasteiger partial charge in [-0.1, -0.05) is 29.8 Å². The molecule has 0 saturated carbocycles. The second-order valence-electron chi connectivity index (χ2n) is 6.24. The second kappa shape index (κ2) is 7.00. The molecule has 0 N–H and O–H groups in total. The normalized spacial score (nSPS) is 11.0. The van der Waals surface area contributed by atoms with Crippen LogP contribution in [0.4, 0.5) is 4.39 Å². The Morgan fingerprint density at radius 2 is 1.65 bits per heavy atom. The van der Waals surface area contributed by atoms with Gasteiger partial charge in [0.15, 0.2) is 0 Å². The van der Waals surface area contributed by atoms with Crippen molar-refractivity contribution < 1.29 is 9.13 Å². The Bertz CT molecular complexity index is 1020. The molecule has 1 heterocycles. The number of aryl methyl sites for hydroxylation is 1. The SMILES string of the molecule is Cc1ccc(OCCn2c(-c3ccc(F)cc3)nc3ccccc32)cc1. The summed E-state index contributed by atoms with van der Waals surface area (Å²) in [5, 5.41) is 0. The summed E-state index contributed by atoms with van der Waals surface area (Å²) < 4.78 is 21.3. The Hall–Kier alpha value is -3.14. The number of fused-ring (bicyclic) bond motifs is 1. The van der Waals surface area contributed by atoms with Gasteiger partial charge in [-0.3, -0.25) is 0 Å². The van der Waals surface area contributed by atoms with E-state index in [0.29, 0.717) is 13.2 Å². The van der Waals surface area contributed by atoms with Crippen molar-refractivity contribution in [2.24, 2.45) is 0 Å². The maximum Gasteiger partial charge on any atom is 0.141 e. The zero-order valence-corrected chi connectivity index (χ0v) is 14.5. The average molecular weight is 346 g/mol. The third-order valence-electron chi connectivity index (χ3n) is 4.36. The van der Waals surface area contributed by atoms with Crippen LogP contribution >= 0.6 is 0 Å². The van der Waals surface area contributed by atoms with Gasteiger partial charge < -0.3 is 9.30 Å². The van der Waals surface area contributed by atoms with E-state index >= 15 is 0 Å². The van der Waals surface area contributed by atoms with Crippen LogP contribution < -0.4 is 4.74 Å². The maximum absolute atomic E-state index is 13.3. The molecular formula is C22H19FN2O. The first-order chi connectivity index (χ1) is 12.7. The fourth-order valence-corrected chi connectivity index (χ4v) is 3.01. The zero-order chi connectivity index (χ0) is 17.9. The van der Waals surface area contributed by atoms with E-state index in [9.17, 15) is 4.39 Å². The number of ether oxygens (including phenoxy) is 1. The fourth-order valence-electron chi connectivity index (χ4n) is 3.01. The van der Waals surface area contributed by atoms with E-state index in [2.05, 4.69) is 11.5 Å². The third kappa shape index (κ3) is 3.31. The van der Waals surface area contributed by atoms with Crippen LogP contribution in [-0.2, 0) is 6.54 Å². The van der Waals surface area contributed by atoms with Crippen molar-refractivity contribution in [3.63, 3.8) is 0 Å². The number of benzene rings is 3. The van der Waals surface area contributed by atoms with Crippen molar-refractivity contribution in [1.29, 1.82) is 0 Å². The number of imidazole rings is 1. The predicted octanol–water partition coefficient (Wildman–Crippen LogP) is 5.23. The van der Waals surface area contributed by atoms with Gasteiger partial charge in [0, 0.05) is 5.56 Å². The van der Waals surface area contributed by atoms with Crippen LogP contribution in [0.15, 0.2) is 72.8 Å². The van der Waals surface area contributed by atoms with Crippen molar-refractivity contribution in [3.05, 3.63) is 84.2 Å². The molecule has 0 unspecified atom stereocenters. The Morgan fingerprint density at radius 3 is 2.42 bits per heavy atom. The lowest BCUT2D eigenvalue weighted by atomic mass is 10.2. The largest absolute Gasteiger partial charge is 0.492 e. The molecule has 4 aromatic rings. The van der Waals surface area contributed by atoms with Crippen molar-refractivity contribution in [2.45, 2.75) is 13.5 Å². The van der Waals surface area contributed by atoms with E-state index < -0.39 is 0 Å². The monoisotopic (exact) mass is 346 g/mol. The second-order valence-corrected chi connectivity index (χ2v) is 6.24. The van der Waals surface area contributed by atoms with Crippen LogP contribution in [0.25, 0.3) is 22.4 Å². The molecule has 0 aliphatic carbocycles. The molecule has 3 aromatic carbocycles. The lowest BCUT2D eigenvalue weighted by Gasteiger charge is -2.11. The molecule has 0 aliphatic rings. The fraction of sp³-hybridized carbons (Fsp3) is 0.136. The number of nitrogens with zero attached hydrogens (tertiary/aromatic N) is 2. The van der Waals surface area contributed by atoms with Crippen LogP contribution in [0.2, 0.25) is 0 Å². The molecule has 4 rings (SSSR count). The first-order valence-electron chi connectivity index (χ1n) is 8.61. The van der Waals surface area contributed by atoms with Gasteiger partial charge in [0.1, 0.15) is 24.0 Å². The number of rotatable bonds is 5. The lowest BCUT2D eigenvalue weighted by molar-refractivity contribution is 0.301. The topological polar surface area (TPSA) is 27.1 Å². The number of aromatic nitrogens is 2. The minimum atomic E-state index is -0.251. The molecule has 1 aromatic heterocycles. The summed E-state index contributed by atoms with van der Waals surface area (Å²) >= 11 is 0. The number of halogens is 1. The Kier molecular flexibility index (Phi) is 4.40. The highest BCUT2D eigenvalue weighted by atomic mass is 19.1. The van der Waals surface area contributed by atoms with Gasteiger partial charge in [0.05, 0.1) is 17.6 Å². The van der Waals surface area contributed by atoms with Gasteiger partial charge in [-0.05, 0) is 55.5 Å². The summed E-state index contributed by atoms with van der Waals surface area (Å²) in [5.74, 6) is 1.42. The molecule has 0 saturated heterocycles. The minimum absolute atomic E-state index is 0.251. The molecule has 26 heavy (non-hydrogen) atoms. The van der Waals surface area contributed by atoms with Gasteiger partial charge in [0.25, 0.3) is 0 Å². The standard InChI is InChI=1S/C22H19FN2O/c1-16-6-12-19(13-7-16)26-15-14-25-21-5-3-2-4-20(21)24-22(25)17-8-10-18(23)11-9-17/h2-13H,14-15H2,1H3. The molecule has 130 valence electrons. The van der Waals surface area contributed by atoms with Crippen LogP contribution in [0.3, 0.4) is 0 Å². The van der Waals surface area contributed by atoms with E-state index in [4.69, 9.17) is 9.72 Å². The number of hydrogen-bond donors (Lipinski definition) is 0. The van der Waals surface area contributed by atoms with E-state index in [0.717, 1.165) is 28.2 Å². The molecule has 0 amide bonds. The number of hydrogen-bond acceptors (Lipinski definition) is 2. The van der Waals surface area contributed by atoms with E-state index in [1.807, 2.05) is 48.5 Å². The first-order valence-corrected chi connectivity index (χ1v) is 8.61.